The summed E-state index contributed by atoms with van der Waals surface area (Å²) in [5, 5.41) is 5.32. The summed E-state index contributed by atoms with van der Waals surface area (Å²) in [6.45, 7) is 7.36. The Morgan fingerprint density at radius 1 is 0.944 bits per heavy atom. The zero-order valence-electron chi connectivity index (χ0n) is 20.6. The number of sulfonamides is 1. The number of piperazine rings is 1. The van der Waals surface area contributed by atoms with E-state index >= 15 is 0 Å². The van der Waals surface area contributed by atoms with Crippen LogP contribution in [0.1, 0.15) is 12.8 Å². The minimum absolute atomic E-state index is 0.257. The monoisotopic (exact) mass is 531 g/mol. The van der Waals surface area contributed by atoms with Gasteiger partial charge in [-0.1, -0.05) is 11.6 Å². The molecule has 0 bridgehead atoms. The van der Waals surface area contributed by atoms with E-state index in [1.165, 1.54) is 0 Å². The summed E-state index contributed by atoms with van der Waals surface area (Å²) in [7, 11) is -1.93. The van der Waals surface area contributed by atoms with Crippen molar-refractivity contribution in [3.05, 3.63) is 59.8 Å². The van der Waals surface area contributed by atoms with Gasteiger partial charge >= 0.3 is 0 Å². The average molecular weight is 532 g/mol. The van der Waals surface area contributed by atoms with Gasteiger partial charge in [0.2, 0.25) is 10.0 Å². The van der Waals surface area contributed by atoms with Crippen molar-refractivity contribution in [1.82, 2.24) is 19.5 Å². The highest BCUT2D eigenvalue weighted by Gasteiger charge is 2.17. The molecule has 8 nitrogen and oxygen atoms in total. The molecule has 1 fully saturated rings. The highest BCUT2D eigenvalue weighted by Crippen LogP contribution is 2.24. The topological polar surface area (TPSA) is 86.8 Å². The molecule has 36 heavy (non-hydrogen) atoms. The van der Waals surface area contributed by atoms with E-state index in [1.807, 2.05) is 30.5 Å². The quantitative estimate of drug-likeness (QED) is 0.345. The number of benzene rings is 2. The van der Waals surface area contributed by atoms with E-state index < -0.39 is 10.0 Å². The van der Waals surface area contributed by atoms with Crippen LogP contribution < -0.4 is 14.8 Å². The van der Waals surface area contributed by atoms with Crippen molar-refractivity contribution in [2.45, 2.75) is 17.7 Å². The van der Waals surface area contributed by atoms with E-state index in [1.54, 1.807) is 31.4 Å². The van der Waals surface area contributed by atoms with Gasteiger partial charge in [-0.05, 0) is 74.5 Å². The standard InChI is InChI=1S/C26H34ClN5O3S/c1-35-22-5-7-23(8-6-22)36(33,34)30-12-3-15-32-18-16-31(17-19-32)14-2-11-28-25-10-13-29-26-20-21(27)4-9-24(25)26/h4-10,13,20,30H,2-3,11-12,14-19H2,1H3,(H,28,29). The summed E-state index contributed by atoms with van der Waals surface area (Å²) in [4.78, 5) is 9.55. The number of aromatic nitrogens is 1. The Bertz CT molecular complexity index is 1230. The fraction of sp³-hybridized carbons (Fsp3) is 0.423. The van der Waals surface area contributed by atoms with Crippen molar-refractivity contribution in [3.8, 4) is 5.75 Å². The molecule has 3 aromatic rings. The lowest BCUT2D eigenvalue weighted by molar-refractivity contribution is 0.131. The van der Waals surface area contributed by atoms with Crippen LogP contribution in [0.3, 0.4) is 0 Å². The maximum atomic E-state index is 12.4. The second kappa shape index (κ2) is 12.7. The van der Waals surface area contributed by atoms with Gasteiger partial charge in [-0.2, -0.15) is 0 Å². The molecule has 2 heterocycles. The summed E-state index contributed by atoms with van der Waals surface area (Å²) < 4.78 is 32.7. The van der Waals surface area contributed by atoms with Crippen molar-refractivity contribution in [3.63, 3.8) is 0 Å². The fourth-order valence-electron chi connectivity index (χ4n) is 4.39. The molecule has 1 aliphatic rings. The van der Waals surface area contributed by atoms with Crippen molar-refractivity contribution in [2.24, 2.45) is 0 Å². The first-order valence-corrected chi connectivity index (χ1v) is 14.2. The van der Waals surface area contributed by atoms with Gasteiger partial charge in [-0.25, -0.2) is 13.1 Å². The molecule has 0 saturated carbocycles. The van der Waals surface area contributed by atoms with Crippen LogP contribution in [0.15, 0.2) is 59.6 Å². The number of halogens is 1. The summed E-state index contributed by atoms with van der Waals surface area (Å²) in [6.07, 6.45) is 3.65. The lowest BCUT2D eigenvalue weighted by atomic mass is 10.2. The Morgan fingerprint density at radius 2 is 1.61 bits per heavy atom. The van der Waals surface area contributed by atoms with Gasteiger partial charge in [-0.15, -0.1) is 0 Å². The predicted octanol–water partition coefficient (Wildman–Crippen LogP) is 3.69. The summed E-state index contributed by atoms with van der Waals surface area (Å²) in [6, 6.07) is 14.2. The van der Waals surface area contributed by atoms with Gasteiger partial charge in [0.25, 0.3) is 0 Å². The second-order valence-corrected chi connectivity index (χ2v) is 11.1. The van der Waals surface area contributed by atoms with E-state index in [-0.39, 0.29) is 4.90 Å². The zero-order chi connectivity index (χ0) is 25.4. The number of ether oxygens (including phenoxy) is 1. The molecule has 2 aromatic carbocycles. The third kappa shape index (κ3) is 7.30. The maximum absolute atomic E-state index is 12.4. The van der Waals surface area contributed by atoms with Crippen LogP contribution in [-0.2, 0) is 10.0 Å². The maximum Gasteiger partial charge on any atom is 0.240 e. The molecule has 0 amide bonds. The van der Waals surface area contributed by atoms with Crippen LogP contribution >= 0.6 is 11.6 Å². The number of methoxy groups -OCH3 is 1. The zero-order valence-corrected chi connectivity index (χ0v) is 22.2. The summed E-state index contributed by atoms with van der Waals surface area (Å²) in [5.74, 6) is 0.637. The van der Waals surface area contributed by atoms with Crippen LogP contribution in [0.4, 0.5) is 5.69 Å². The Balaban J connectivity index is 1.10. The third-order valence-electron chi connectivity index (χ3n) is 6.45. The van der Waals surface area contributed by atoms with Crippen LogP contribution in [0.5, 0.6) is 5.75 Å². The number of rotatable bonds is 12. The molecular weight excluding hydrogens is 498 g/mol. The largest absolute Gasteiger partial charge is 0.497 e. The summed E-state index contributed by atoms with van der Waals surface area (Å²) >= 11 is 6.08. The molecule has 1 aromatic heterocycles. The first-order valence-electron chi connectivity index (χ1n) is 12.3. The lowest BCUT2D eigenvalue weighted by Gasteiger charge is -2.34. The Kier molecular flexibility index (Phi) is 9.39. The molecule has 2 N–H and O–H groups in total. The molecule has 0 radical (unpaired) electrons. The first-order chi connectivity index (χ1) is 17.4. The number of nitrogens with zero attached hydrogens (tertiary/aromatic N) is 3. The van der Waals surface area contributed by atoms with Crippen molar-refractivity contribution in [1.29, 1.82) is 0 Å². The van der Waals surface area contributed by atoms with E-state index in [0.717, 1.165) is 75.2 Å². The van der Waals surface area contributed by atoms with E-state index in [2.05, 4.69) is 24.8 Å². The summed E-state index contributed by atoms with van der Waals surface area (Å²) in [5.41, 5.74) is 1.99. The molecule has 4 rings (SSSR count). The number of anilines is 1. The average Bonchev–Trinajstić information content (AvgIpc) is 2.89. The number of fused-ring (bicyclic) bond motifs is 1. The minimum Gasteiger partial charge on any atom is -0.497 e. The molecule has 194 valence electrons. The van der Waals surface area contributed by atoms with Gasteiger partial charge in [0.05, 0.1) is 17.5 Å². The lowest BCUT2D eigenvalue weighted by Crippen LogP contribution is -2.47. The predicted molar refractivity (Wildman–Crippen MR) is 146 cm³/mol. The van der Waals surface area contributed by atoms with Crippen LogP contribution in [0.2, 0.25) is 5.02 Å². The smallest absolute Gasteiger partial charge is 0.240 e. The first kappa shape index (κ1) is 26.6. The molecule has 0 unspecified atom stereocenters. The molecule has 0 aliphatic carbocycles. The van der Waals surface area contributed by atoms with Crippen molar-refractivity contribution >= 4 is 38.2 Å². The number of nitrogens with one attached hydrogen (secondary N) is 2. The van der Waals surface area contributed by atoms with Crippen LogP contribution in [-0.4, -0.2) is 82.7 Å². The van der Waals surface area contributed by atoms with Gasteiger partial charge in [0.15, 0.2) is 0 Å². The SMILES string of the molecule is COc1ccc(S(=O)(=O)NCCCN2CCN(CCCNc3ccnc4cc(Cl)ccc34)CC2)cc1. The van der Waals surface area contributed by atoms with Crippen LogP contribution in [0.25, 0.3) is 10.9 Å². The van der Waals surface area contributed by atoms with Crippen LogP contribution in [0, 0.1) is 0 Å². The second-order valence-electron chi connectivity index (χ2n) is 8.91. The van der Waals surface area contributed by atoms with Crippen molar-refractivity contribution in [2.75, 3.05) is 64.8 Å². The molecule has 1 aliphatic heterocycles. The Hall–Kier alpha value is -2.43. The van der Waals surface area contributed by atoms with E-state index in [0.29, 0.717) is 17.3 Å². The number of hydrogen-bond acceptors (Lipinski definition) is 7. The Morgan fingerprint density at radius 3 is 2.28 bits per heavy atom. The fourth-order valence-corrected chi connectivity index (χ4v) is 5.63. The molecule has 10 heteroatoms. The normalized spacial score (nSPS) is 15.3. The Labute approximate surface area is 218 Å². The third-order valence-corrected chi connectivity index (χ3v) is 8.16. The molecular formula is C26H34ClN5O3S. The van der Waals surface area contributed by atoms with E-state index in [4.69, 9.17) is 16.3 Å². The van der Waals surface area contributed by atoms with Gasteiger partial charge in [0, 0.05) is 61.6 Å². The number of pyridine rings is 1. The number of hydrogen-bond donors (Lipinski definition) is 2. The highest BCUT2D eigenvalue weighted by molar-refractivity contribution is 7.89. The highest BCUT2D eigenvalue weighted by atomic mass is 35.5. The minimum atomic E-state index is -3.49. The van der Waals surface area contributed by atoms with Gasteiger partial charge < -0.3 is 19.9 Å². The van der Waals surface area contributed by atoms with Gasteiger partial charge in [-0.3, -0.25) is 4.98 Å². The van der Waals surface area contributed by atoms with E-state index in [9.17, 15) is 8.42 Å². The molecule has 1 saturated heterocycles. The van der Waals surface area contributed by atoms with Gasteiger partial charge in [0.1, 0.15) is 5.75 Å². The molecule has 0 spiro atoms. The van der Waals surface area contributed by atoms with Crippen molar-refractivity contribution < 1.29 is 13.2 Å². The molecule has 0 atom stereocenters.